The van der Waals surface area contributed by atoms with Gasteiger partial charge in [0.05, 0.1) is 0 Å². The van der Waals surface area contributed by atoms with Crippen LogP contribution in [0.2, 0.25) is 0 Å². The number of hydrogen-bond acceptors (Lipinski definition) is 4. The summed E-state index contributed by atoms with van der Waals surface area (Å²) in [5.41, 5.74) is 0. The minimum atomic E-state index is -4.61. The van der Waals surface area contributed by atoms with Crippen LogP contribution in [0.4, 0.5) is 0 Å². The first-order chi connectivity index (χ1) is 2.00. The van der Waals surface area contributed by atoms with Crippen molar-refractivity contribution in [3.63, 3.8) is 0 Å². The van der Waals surface area contributed by atoms with Crippen molar-refractivity contribution in [1.82, 2.24) is 0 Å². The molecular formula is H9AlBeO4Si. The summed E-state index contributed by atoms with van der Waals surface area (Å²) in [6.07, 6.45) is 0. The van der Waals surface area contributed by atoms with Crippen molar-refractivity contribution in [2.75, 3.05) is 0 Å². The fourth-order valence-electron chi connectivity index (χ4n) is 0. The topological polar surface area (TPSA) is 80.9 Å². The molecule has 7 heteroatoms. The van der Waals surface area contributed by atoms with E-state index in [2.05, 4.69) is 0 Å². The van der Waals surface area contributed by atoms with Gasteiger partial charge in [-0.2, -0.15) is 0 Å². The molecule has 0 unspecified atom stereocenters. The molecule has 0 saturated heterocycles. The van der Waals surface area contributed by atoms with Crippen LogP contribution in [0.25, 0.3) is 0 Å². The molecule has 4 nitrogen and oxygen atoms in total. The van der Waals surface area contributed by atoms with Crippen molar-refractivity contribution in [3.8, 4) is 0 Å². The average molecular weight is 137 g/mol. The zero-order valence-electron chi connectivity index (χ0n) is 2.29. The summed E-state index contributed by atoms with van der Waals surface area (Å²) in [5, 5.41) is 0. The van der Waals surface area contributed by atoms with Crippen LogP contribution < -0.4 is 0 Å². The standard InChI is InChI=1S/Al.Be.H4O4Si.5H/c;;1-5(2,3)4;;;;;/h;;1-4H;;;;;. The third-order valence-corrected chi connectivity index (χ3v) is 0. The van der Waals surface area contributed by atoms with E-state index >= 15 is 0 Å². The summed E-state index contributed by atoms with van der Waals surface area (Å²) in [4.78, 5) is 29.3. The van der Waals surface area contributed by atoms with Crippen LogP contribution in [-0.2, 0) is 0 Å². The third kappa shape index (κ3) is 266. The Balaban J connectivity index is -0.0000000800. The van der Waals surface area contributed by atoms with Gasteiger partial charge < -0.3 is 19.2 Å². The second kappa shape index (κ2) is 4.91. The molecule has 0 aliphatic rings. The van der Waals surface area contributed by atoms with Crippen LogP contribution in [0.5, 0.6) is 0 Å². The normalized spacial score (nSPS) is 8.57. The molecule has 0 aliphatic heterocycles. The summed E-state index contributed by atoms with van der Waals surface area (Å²) < 4.78 is 0. The van der Waals surface area contributed by atoms with E-state index in [0.29, 0.717) is 0 Å². The molecule has 0 spiro atoms. The SMILES string of the molecule is O[Si](O)(O)O.[AlH3].[BeH2]. The van der Waals surface area contributed by atoms with E-state index in [4.69, 9.17) is 19.2 Å². The van der Waals surface area contributed by atoms with Gasteiger partial charge in [-0.05, 0) is 0 Å². The van der Waals surface area contributed by atoms with Gasteiger partial charge in [0.15, 0.2) is 17.4 Å². The molecular weight excluding hydrogens is 128 g/mol. The molecule has 7 heavy (non-hydrogen) atoms. The molecule has 0 bridgehead atoms. The van der Waals surface area contributed by atoms with E-state index in [1.807, 2.05) is 0 Å². The van der Waals surface area contributed by atoms with E-state index in [9.17, 15) is 0 Å². The van der Waals surface area contributed by atoms with Gasteiger partial charge in [0, 0.05) is 0 Å². The van der Waals surface area contributed by atoms with E-state index in [1.54, 1.807) is 0 Å². The first kappa shape index (κ1) is 15.7. The molecule has 0 saturated carbocycles. The van der Waals surface area contributed by atoms with Gasteiger partial charge in [-0.25, -0.2) is 0 Å². The second-order valence-electron chi connectivity index (χ2n) is 0.600. The summed E-state index contributed by atoms with van der Waals surface area (Å²) >= 11 is 0. The Bertz CT molecular complexity index is 27.2. The fraction of sp³-hybridized carbons (Fsp3) is 0. The van der Waals surface area contributed by atoms with Crippen molar-refractivity contribution >= 4 is 36.5 Å². The van der Waals surface area contributed by atoms with Crippen molar-refractivity contribution in [3.05, 3.63) is 0 Å². The summed E-state index contributed by atoms with van der Waals surface area (Å²) in [7, 11) is -4.61. The molecule has 0 fully saturated rings. The number of hydrogen-bond donors (Lipinski definition) is 4. The second-order valence-corrected chi connectivity index (χ2v) is 1.80. The van der Waals surface area contributed by atoms with Gasteiger partial charge in [0.1, 0.15) is 0 Å². The Morgan fingerprint density at radius 3 is 0.857 bits per heavy atom. The summed E-state index contributed by atoms with van der Waals surface area (Å²) in [6.45, 7) is 0. The molecule has 0 aromatic heterocycles. The summed E-state index contributed by atoms with van der Waals surface area (Å²) in [6, 6.07) is 0. The van der Waals surface area contributed by atoms with E-state index < -0.39 is 9.05 Å². The Morgan fingerprint density at radius 2 is 0.857 bits per heavy atom. The molecule has 4 N–H and O–H groups in total. The van der Waals surface area contributed by atoms with Crippen molar-refractivity contribution in [2.24, 2.45) is 0 Å². The summed E-state index contributed by atoms with van der Waals surface area (Å²) in [5.74, 6) is 0. The minimum absolute atomic E-state index is 0. The van der Waals surface area contributed by atoms with Crippen LogP contribution in [-0.4, -0.2) is 55.7 Å². The van der Waals surface area contributed by atoms with Crippen molar-refractivity contribution < 1.29 is 19.2 Å². The Kier molecular flexibility index (Phi) is 11.0. The molecule has 0 aliphatic carbocycles. The van der Waals surface area contributed by atoms with Crippen LogP contribution >= 0.6 is 0 Å². The molecule has 0 aromatic rings. The van der Waals surface area contributed by atoms with Crippen molar-refractivity contribution in [2.45, 2.75) is 0 Å². The van der Waals surface area contributed by atoms with Crippen LogP contribution in [0, 0.1) is 0 Å². The van der Waals surface area contributed by atoms with Gasteiger partial charge in [-0.1, -0.05) is 0 Å². The molecule has 0 heterocycles. The quantitative estimate of drug-likeness (QED) is 0.253. The van der Waals surface area contributed by atoms with Gasteiger partial charge in [0.2, 0.25) is 0 Å². The maximum atomic E-state index is 7.33. The zero-order chi connectivity index (χ0) is 4.50. The monoisotopic (exact) mass is 137 g/mol. The van der Waals surface area contributed by atoms with Crippen LogP contribution in [0.3, 0.4) is 0 Å². The van der Waals surface area contributed by atoms with Crippen molar-refractivity contribution in [1.29, 1.82) is 0 Å². The van der Waals surface area contributed by atoms with E-state index in [1.165, 1.54) is 0 Å². The van der Waals surface area contributed by atoms with Gasteiger partial charge in [-0.15, -0.1) is 0 Å². The Hall–Kier alpha value is 0.758. The maximum absolute atomic E-state index is 7.33. The Morgan fingerprint density at radius 1 is 0.857 bits per heavy atom. The number of rotatable bonds is 0. The van der Waals surface area contributed by atoms with Gasteiger partial charge in [0.25, 0.3) is 0 Å². The average Bonchev–Trinajstić information content (AvgIpc) is 0.722. The van der Waals surface area contributed by atoms with E-state index in [-0.39, 0.29) is 27.5 Å². The third-order valence-electron chi connectivity index (χ3n) is 0. The Labute approximate surface area is 56.3 Å². The molecule has 0 amide bonds. The predicted molar refractivity (Wildman–Crippen MR) is 33.1 cm³/mol. The fourth-order valence-corrected chi connectivity index (χ4v) is 0. The first-order valence-corrected chi connectivity index (χ1v) is 2.68. The van der Waals surface area contributed by atoms with Crippen LogP contribution in [0.15, 0.2) is 0 Å². The molecule has 0 aromatic carbocycles. The zero-order valence-corrected chi connectivity index (χ0v) is 3.29. The molecule has 0 atom stereocenters. The molecule has 0 rings (SSSR count). The van der Waals surface area contributed by atoms with Gasteiger partial charge >= 0.3 is 19.2 Å². The van der Waals surface area contributed by atoms with E-state index in [0.717, 1.165) is 0 Å². The predicted octanol–water partition coefficient (Wildman–Crippen LogP) is -4.71. The van der Waals surface area contributed by atoms with Crippen LogP contribution in [0.1, 0.15) is 0 Å². The molecule has 0 radical (unpaired) electrons. The van der Waals surface area contributed by atoms with Gasteiger partial charge in [-0.3, -0.25) is 0 Å². The molecule has 42 valence electrons. The first-order valence-electron chi connectivity index (χ1n) is 0.894.